The van der Waals surface area contributed by atoms with Gasteiger partial charge in [-0.2, -0.15) is 9.97 Å². The Hall–Kier alpha value is -3.70. The SMILES string of the molecule is CC(C)(C)n1cnc2c(=O)[nH]c(N)nc21.CC(C)(C)n1cnc2c(=O)[nH]c(N)nc21. The molecule has 30 heavy (non-hydrogen) atoms. The van der Waals surface area contributed by atoms with Crippen LogP contribution in [-0.4, -0.2) is 39.0 Å². The standard InChI is InChI=1S/2C9H13N5O/c2*1-9(2,3)14-4-11-5-6(14)12-8(10)13-7(5)15/h2*4H,1-3H3,(H3,10,12,13,15). The first-order valence-electron chi connectivity index (χ1n) is 9.25. The third-order valence-corrected chi connectivity index (χ3v) is 4.30. The van der Waals surface area contributed by atoms with Gasteiger partial charge in [-0.3, -0.25) is 19.6 Å². The second kappa shape index (κ2) is 6.97. The van der Waals surface area contributed by atoms with Gasteiger partial charge in [0.25, 0.3) is 11.1 Å². The molecule has 0 radical (unpaired) electrons. The molecule has 4 heterocycles. The van der Waals surface area contributed by atoms with Crippen LogP contribution in [0.4, 0.5) is 11.9 Å². The summed E-state index contributed by atoms with van der Waals surface area (Å²) in [4.78, 5) is 44.0. The molecule has 0 unspecified atom stereocenters. The molecule has 0 saturated heterocycles. The third-order valence-electron chi connectivity index (χ3n) is 4.30. The van der Waals surface area contributed by atoms with E-state index < -0.39 is 0 Å². The van der Waals surface area contributed by atoms with Gasteiger partial charge in [0.15, 0.2) is 22.3 Å². The number of aromatic nitrogens is 8. The Kier molecular flexibility index (Phi) is 4.88. The first-order chi connectivity index (χ1) is 13.8. The van der Waals surface area contributed by atoms with E-state index in [2.05, 4.69) is 29.9 Å². The quantitative estimate of drug-likeness (QED) is 0.328. The number of nitrogens with one attached hydrogen (secondary N) is 2. The zero-order chi connectivity index (χ0) is 22.4. The summed E-state index contributed by atoms with van der Waals surface area (Å²) in [7, 11) is 0. The first kappa shape index (κ1) is 21.0. The fourth-order valence-corrected chi connectivity index (χ4v) is 2.83. The average Bonchev–Trinajstić information content (AvgIpc) is 3.18. The summed E-state index contributed by atoms with van der Waals surface area (Å²) < 4.78 is 3.65. The fraction of sp³-hybridized carbons (Fsp3) is 0.444. The van der Waals surface area contributed by atoms with E-state index in [4.69, 9.17) is 11.5 Å². The van der Waals surface area contributed by atoms with Crippen molar-refractivity contribution in [3.63, 3.8) is 0 Å². The highest BCUT2D eigenvalue weighted by Gasteiger charge is 2.19. The molecular weight excluding hydrogens is 388 g/mol. The highest BCUT2D eigenvalue weighted by atomic mass is 16.1. The van der Waals surface area contributed by atoms with E-state index in [-0.39, 0.29) is 34.1 Å². The zero-order valence-electron chi connectivity index (χ0n) is 17.8. The van der Waals surface area contributed by atoms with Crippen molar-refractivity contribution in [2.75, 3.05) is 11.5 Å². The van der Waals surface area contributed by atoms with E-state index in [9.17, 15) is 9.59 Å². The van der Waals surface area contributed by atoms with Crippen molar-refractivity contribution in [3.8, 4) is 0 Å². The van der Waals surface area contributed by atoms with Gasteiger partial charge in [0, 0.05) is 11.1 Å². The van der Waals surface area contributed by atoms with Gasteiger partial charge in [0.05, 0.1) is 12.7 Å². The number of anilines is 2. The third kappa shape index (κ3) is 3.88. The summed E-state index contributed by atoms with van der Waals surface area (Å²) in [5, 5.41) is 0. The Morgan fingerprint density at radius 3 is 1.37 bits per heavy atom. The number of hydrogen-bond acceptors (Lipinski definition) is 8. The molecule has 12 nitrogen and oxygen atoms in total. The van der Waals surface area contributed by atoms with Crippen molar-refractivity contribution < 1.29 is 0 Å². The topological polar surface area (TPSA) is 179 Å². The lowest BCUT2D eigenvalue weighted by molar-refractivity contribution is 0.405. The van der Waals surface area contributed by atoms with Crippen LogP contribution in [0, 0.1) is 0 Å². The van der Waals surface area contributed by atoms with Gasteiger partial charge in [0.1, 0.15) is 0 Å². The van der Waals surface area contributed by atoms with E-state index in [0.717, 1.165) is 0 Å². The Morgan fingerprint density at radius 1 is 0.733 bits per heavy atom. The van der Waals surface area contributed by atoms with Crippen LogP contribution < -0.4 is 22.6 Å². The Morgan fingerprint density at radius 2 is 1.07 bits per heavy atom. The monoisotopic (exact) mass is 414 g/mol. The molecule has 0 aliphatic carbocycles. The number of hydrogen-bond donors (Lipinski definition) is 4. The molecule has 160 valence electrons. The summed E-state index contributed by atoms with van der Waals surface area (Å²) in [5.41, 5.74) is 11.7. The molecule has 0 spiro atoms. The van der Waals surface area contributed by atoms with Crippen LogP contribution in [0.1, 0.15) is 41.5 Å². The number of aromatic amines is 2. The van der Waals surface area contributed by atoms with E-state index in [1.165, 1.54) is 0 Å². The van der Waals surface area contributed by atoms with E-state index in [0.29, 0.717) is 22.3 Å². The molecule has 4 rings (SSSR count). The molecule has 0 aliphatic heterocycles. The molecular formula is C18H26N10O2. The molecule has 4 aromatic rings. The second-order valence-electron chi connectivity index (χ2n) is 8.82. The van der Waals surface area contributed by atoms with Crippen LogP contribution in [0.3, 0.4) is 0 Å². The highest BCUT2D eigenvalue weighted by molar-refractivity contribution is 5.71. The molecule has 0 saturated carbocycles. The van der Waals surface area contributed by atoms with Crippen LogP contribution in [0.5, 0.6) is 0 Å². The number of nitrogen functional groups attached to an aromatic ring is 2. The number of nitrogens with zero attached hydrogens (tertiary/aromatic N) is 6. The summed E-state index contributed by atoms with van der Waals surface area (Å²) in [5.74, 6) is 0.219. The van der Waals surface area contributed by atoms with Crippen molar-refractivity contribution in [1.29, 1.82) is 0 Å². The van der Waals surface area contributed by atoms with Crippen LogP contribution in [0.25, 0.3) is 22.3 Å². The van der Waals surface area contributed by atoms with Crippen LogP contribution in [0.2, 0.25) is 0 Å². The number of nitrogens with two attached hydrogens (primary N) is 2. The van der Waals surface area contributed by atoms with E-state index >= 15 is 0 Å². The Labute approximate surface area is 171 Å². The summed E-state index contributed by atoms with van der Waals surface area (Å²) in [6, 6.07) is 0. The highest BCUT2D eigenvalue weighted by Crippen LogP contribution is 2.19. The largest absolute Gasteiger partial charge is 0.369 e. The van der Waals surface area contributed by atoms with Crippen molar-refractivity contribution >= 4 is 34.2 Å². The minimum atomic E-state index is -0.305. The predicted octanol–water partition coefficient (Wildman–Crippen LogP) is 0.914. The van der Waals surface area contributed by atoms with Gasteiger partial charge in [-0.15, -0.1) is 0 Å². The molecule has 0 aromatic carbocycles. The second-order valence-corrected chi connectivity index (χ2v) is 8.82. The smallest absolute Gasteiger partial charge is 0.280 e. The normalized spacial score (nSPS) is 12.2. The van der Waals surface area contributed by atoms with Gasteiger partial charge in [0.2, 0.25) is 11.9 Å². The van der Waals surface area contributed by atoms with Crippen molar-refractivity contribution in [2.45, 2.75) is 52.6 Å². The molecule has 0 atom stereocenters. The lowest BCUT2D eigenvalue weighted by Gasteiger charge is -2.20. The van der Waals surface area contributed by atoms with Crippen LogP contribution in [0.15, 0.2) is 22.2 Å². The van der Waals surface area contributed by atoms with Gasteiger partial charge in [-0.25, -0.2) is 9.97 Å². The zero-order valence-corrected chi connectivity index (χ0v) is 17.8. The molecule has 6 N–H and O–H groups in total. The van der Waals surface area contributed by atoms with Crippen LogP contribution in [-0.2, 0) is 11.1 Å². The van der Waals surface area contributed by atoms with Gasteiger partial charge >= 0.3 is 0 Å². The summed E-state index contributed by atoms with van der Waals surface area (Å²) >= 11 is 0. The molecule has 0 fully saturated rings. The lowest BCUT2D eigenvalue weighted by Crippen LogP contribution is -2.22. The number of imidazole rings is 2. The van der Waals surface area contributed by atoms with Gasteiger partial charge in [-0.05, 0) is 41.5 Å². The maximum Gasteiger partial charge on any atom is 0.280 e. The number of fused-ring (bicyclic) bond motifs is 2. The summed E-state index contributed by atoms with van der Waals surface area (Å²) in [6.45, 7) is 12.0. The van der Waals surface area contributed by atoms with Gasteiger partial charge < -0.3 is 20.6 Å². The van der Waals surface area contributed by atoms with Crippen molar-refractivity contribution in [2.24, 2.45) is 0 Å². The van der Waals surface area contributed by atoms with Crippen molar-refractivity contribution in [1.82, 2.24) is 39.0 Å². The number of rotatable bonds is 0. The molecule has 0 bridgehead atoms. The van der Waals surface area contributed by atoms with Crippen LogP contribution >= 0.6 is 0 Å². The van der Waals surface area contributed by atoms with E-state index in [1.807, 2.05) is 50.7 Å². The van der Waals surface area contributed by atoms with Crippen molar-refractivity contribution in [3.05, 3.63) is 33.4 Å². The molecule has 12 heteroatoms. The summed E-state index contributed by atoms with van der Waals surface area (Å²) in [6.07, 6.45) is 3.21. The lowest BCUT2D eigenvalue weighted by atomic mass is 10.1. The Bertz CT molecular complexity index is 1220. The average molecular weight is 414 g/mol. The molecule has 0 aliphatic rings. The maximum absolute atomic E-state index is 11.5. The molecule has 0 amide bonds. The fourth-order valence-electron chi connectivity index (χ4n) is 2.83. The number of H-pyrrole nitrogens is 2. The van der Waals surface area contributed by atoms with E-state index in [1.54, 1.807) is 12.7 Å². The predicted molar refractivity (Wildman–Crippen MR) is 115 cm³/mol. The van der Waals surface area contributed by atoms with Gasteiger partial charge in [-0.1, -0.05) is 0 Å². The Balaban J connectivity index is 0.000000171. The first-order valence-corrected chi connectivity index (χ1v) is 9.25. The minimum absolute atomic E-state index is 0.110. The molecule has 4 aromatic heterocycles. The maximum atomic E-state index is 11.5. The minimum Gasteiger partial charge on any atom is -0.369 e.